The monoisotopic (exact) mass is 317 g/mol. The number of methoxy groups -OCH3 is 1. The van der Waals surface area contributed by atoms with Crippen LogP contribution in [0.25, 0.3) is 17.0 Å². The Hall–Kier alpha value is -3.41. The van der Waals surface area contributed by atoms with Crippen molar-refractivity contribution in [1.29, 1.82) is 0 Å². The van der Waals surface area contributed by atoms with Gasteiger partial charge in [-0.2, -0.15) is 0 Å². The van der Waals surface area contributed by atoms with Gasteiger partial charge in [0.2, 0.25) is 5.95 Å². The molecule has 0 aliphatic carbocycles. The van der Waals surface area contributed by atoms with E-state index in [4.69, 9.17) is 4.74 Å². The first-order valence-electron chi connectivity index (χ1n) is 7.50. The van der Waals surface area contributed by atoms with E-state index in [9.17, 15) is 0 Å². The Morgan fingerprint density at radius 2 is 2.00 bits per heavy atom. The molecule has 0 saturated heterocycles. The van der Waals surface area contributed by atoms with Crippen LogP contribution in [-0.2, 0) is 0 Å². The molecule has 4 aromatic rings. The molecule has 0 aliphatic rings. The van der Waals surface area contributed by atoms with Crippen LogP contribution < -0.4 is 10.1 Å². The van der Waals surface area contributed by atoms with Gasteiger partial charge in [0.1, 0.15) is 11.4 Å². The van der Waals surface area contributed by atoms with E-state index in [1.54, 1.807) is 13.3 Å². The fourth-order valence-corrected chi connectivity index (χ4v) is 2.51. The van der Waals surface area contributed by atoms with Crippen LogP contribution in [0, 0.1) is 0 Å². The van der Waals surface area contributed by atoms with Gasteiger partial charge in [0.15, 0.2) is 0 Å². The predicted octanol–water partition coefficient (Wildman–Crippen LogP) is 3.54. The van der Waals surface area contributed by atoms with Gasteiger partial charge in [0.25, 0.3) is 0 Å². The normalized spacial score (nSPS) is 10.7. The number of hydrogen-bond donors (Lipinski definition) is 1. The summed E-state index contributed by atoms with van der Waals surface area (Å²) in [7, 11) is 1.64. The van der Waals surface area contributed by atoms with Crippen molar-refractivity contribution in [1.82, 2.24) is 19.4 Å². The number of rotatable bonds is 4. The molecule has 0 aliphatic heterocycles. The van der Waals surface area contributed by atoms with Crippen LogP contribution in [0.3, 0.4) is 0 Å². The third-order valence-corrected chi connectivity index (χ3v) is 3.66. The lowest BCUT2D eigenvalue weighted by Gasteiger charge is -2.08. The molecule has 0 atom stereocenters. The molecular formula is C18H15N5O. The van der Waals surface area contributed by atoms with E-state index >= 15 is 0 Å². The van der Waals surface area contributed by atoms with Crippen molar-refractivity contribution in [3.63, 3.8) is 0 Å². The third-order valence-electron chi connectivity index (χ3n) is 3.66. The number of hydrogen-bond acceptors (Lipinski definition) is 5. The highest BCUT2D eigenvalue weighted by molar-refractivity contribution is 5.62. The van der Waals surface area contributed by atoms with Gasteiger partial charge in [-0.1, -0.05) is 12.1 Å². The lowest BCUT2D eigenvalue weighted by molar-refractivity contribution is 0.415. The quantitative estimate of drug-likeness (QED) is 0.623. The van der Waals surface area contributed by atoms with Gasteiger partial charge in [0, 0.05) is 24.1 Å². The summed E-state index contributed by atoms with van der Waals surface area (Å²) >= 11 is 0. The van der Waals surface area contributed by atoms with Gasteiger partial charge in [-0.15, -0.1) is 0 Å². The number of fused-ring (bicyclic) bond motifs is 1. The van der Waals surface area contributed by atoms with Gasteiger partial charge >= 0.3 is 0 Å². The Labute approximate surface area is 138 Å². The molecule has 0 spiro atoms. The lowest BCUT2D eigenvalue weighted by Crippen LogP contribution is -1.99. The van der Waals surface area contributed by atoms with Crippen molar-refractivity contribution >= 4 is 17.3 Å². The number of anilines is 2. The fraction of sp³-hybridized carbons (Fsp3) is 0.0556. The van der Waals surface area contributed by atoms with E-state index < -0.39 is 0 Å². The first-order chi connectivity index (χ1) is 11.8. The van der Waals surface area contributed by atoms with Gasteiger partial charge < -0.3 is 10.1 Å². The molecule has 6 nitrogen and oxygen atoms in total. The number of nitrogens with one attached hydrogen (secondary N) is 1. The summed E-state index contributed by atoms with van der Waals surface area (Å²) in [5.41, 5.74) is 3.47. The topological polar surface area (TPSA) is 64.3 Å². The summed E-state index contributed by atoms with van der Waals surface area (Å²) < 4.78 is 7.23. The molecule has 3 aromatic heterocycles. The highest BCUT2D eigenvalue weighted by atomic mass is 16.5. The molecule has 0 unspecified atom stereocenters. The van der Waals surface area contributed by atoms with Crippen LogP contribution in [0.4, 0.5) is 11.6 Å². The van der Waals surface area contributed by atoms with Crippen molar-refractivity contribution in [2.75, 3.05) is 12.4 Å². The molecule has 1 N–H and O–H groups in total. The van der Waals surface area contributed by atoms with E-state index in [1.165, 1.54) is 0 Å². The molecule has 1 aromatic carbocycles. The van der Waals surface area contributed by atoms with E-state index in [-0.39, 0.29) is 0 Å². The average Bonchev–Trinajstić information content (AvgIpc) is 3.06. The molecule has 0 amide bonds. The zero-order valence-corrected chi connectivity index (χ0v) is 13.0. The van der Waals surface area contributed by atoms with Crippen LogP contribution >= 0.6 is 0 Å². The Morgan fingerprint density at radius 1 is 1.04 bits per heavy atom. The minimum absolute atomic E-state index is 0.520. The first-order valence-corrected chi connectivity index (χ1v) is 7.50. The molecule has 0 saturated carbocycles. The maximum atomic E-state index is 5.23. The number of aromatic nitrogens is 4. The summed E-state index contributed by atoms with van der Waals surface area (Å²) in [6.45, 7) is 0. The van der Waals surface area contributed by atoms with Crippen molar-refractivity contribution < 1.29 is 4.74 Å². The molecule has 0 fully saturated rings. The van der Waals surface area contributed by atoms with E-state index in [2.05, 4.69) is 20.3 Å². The summed E-state index contributed by atoms with van der Waals surface area (Å²) in [5.74, 6) is 1.30. The molecule has 118 valence electrons. The lowest BCUT2D eigenvalue weighted by atomic mass is 10.3. The minimum Gasteiger partial charge on any atom is -0.497 e. The van der Waals surface area contributed by atoms with Crippen LogP contribution in [0.5, 0.6) is 5.75 Å². The third kappa shape index (κ3) is 2.65. The van der Waals surface area contributed by atoms with Crippen molar-refractivity contribution in [2.24, 2.45) is 0 Å². The van der Waals surface area contributed by atoms with Gasteiger partial charge in [-0.05, 0) is 30.3 Å². The number of ether oxygens (including phenoxy) is 1. The molecule has 3 heterocycles. The van der Waals surface area contributed by atoms with E-state index in [1.807, 2.05) is 65.3 Å². The Bertz CT molecular complexity index is 995. The molecule has 0 radical (unpaired) electrons. The smallest absolute Gasteiger partial charge is 0.227 e. The maximum Gasteiger partial charge on any atom is 0.227 e. The van der Waals surface area contributed by atoms with Crippen molar-refractivity contribution in [2.45, 2.75) is 0 Å². The van der Waals surface area contributed by atoms with Gasteiger partial charge in [-0.25, -0.2) is 15.0 Å². The van der Waals surface area contributed by atoms with Crippen LogP contribution in [0.15, 0.2) is 67.1 Å². The Balaban J connectivity index is 1.68. The Kier molecular flexibility index (Phi) is 3.55. The number of imidazole rings is 1. The van der Waals surface area contributed by atoms with Crippen molar-refractivity contribution in [3.8, 4) is 17.1 Å². The van der Waals surface area contributed by atoms with Gasteiger partial charge in [0.05, 0.1) is 24.7 Å². The standard InChI is InChI=1S/C18H15N5O/c1-24-14-6-4-5-13(11-14)21-18-19-9-8-15(22-18)16-12-20-17-7-2-3-10-23(16)17/h2-12H,1H3,(H,19,21,22). The Morgan fingerprint density at radius 3 is 2.92 bits per heavy atom. The number of benzene rings is 1. The molecule has 0 bridgehead atoms. The van der Waals surface area contributed by atoms with Crippen molar-refractivity contribution in [3.05, 3.63) is 67.1 Å². The van der Waals surface area contributed by atoms with Gasteiger partial charge in [-0.3, -0.25) is 4.40 Å². The zero-order chi connectivity index (χ0) is 16.4. The summed E-state index contributed by atoms with van der Waals surface area (Å²) in [6, 6.07) is 15.4. The summed E-state index contributed by atoms with van der Waals surface area (Å²) in [5, 5.41) is 3.20. The highest BCUT2D eigenvalue weighted by Crippen LogP contribution is 2.22. The molecule has 4 rings (SSSR count). The average molecular weight is 317 g/mol. The first kappa shape index (κ1) is 14.2. The fourth-order valence-electron chi connectivity index (χ4n) is 2.51. The van der Waals surface area contributed by atoms with Crippen LogP contribution in [-0.4, -0.2) is 26.5 Å². The largest absolute Gasteiger partial charge is 0.497 e. The predicted molar refractivity (Wildman–Crippen MR) is 92.5 cm³/mol. The van der Waals surface area contributed by atoms with Crippen LogP contribution in [0.1, 0.15) is 0 Å². The van der Waals surface area contributed by atoms with Crippen LogP contribution in [0.2, 0.25) is 0 Å². The number of pyridine rings is 1. The SMILES string of the molecule is COc1cccc(Nc2nccc(-c3cnc4ccccn34)n2)c1. The second kappa shape index (κ2) is 6.00. The minimum atomic E-state index is 0.520. The zero-order valence-electron chi connectivity index (χ0n) is 13.0. The van der Waals surface area contributed by atoms with E-state index in [0.29, 0.717) is 5.95 Å². The number of nitrogens with zero attached hydrogens (tertiary/aromatic N) is 4. The molecule has 24 heavy (non-hydrogen) atoms. The molecule has 6 heteroatoms. The second-order valence-electron chi connectivity index (χ2n) is 5.19. The highest BCUT2D eigenvalue weighted by Gasteiger charge is 2.08. The summed E-state index contributed by atoms with van der Waals surface area (Å²) in [4.78, 5) is 13.3. The van der Waals surface area contributed by atoms with E-state index in [0.717, 1.165) is 28.5 Å². The maximum absolute atomic E-state index is 5.23. The molecular weight excluding hydrogens is 302 g/mol. The second-order valence-corrected chi connectivity index (χ2v) is 5.19. The summed E-state index contributed by atoms with van der Waals surface area (Å²) in [6.07, 6.45) is 5.51.